The van der Waals surface area contributed by atoms with E-state index < -0.39 is 5.97 Å². The fraction of sp³-hybridized carbons (Fsp3) is 0.353. The van der Waals surface area contributed by atoms with Crippen LogP contribution < -0.4 is 10.1 Å². The fourth-order valence-corrected chi connectivity index (χ4v) is 2.90. The molecule has 0 unspecified atom stereocenters. The van der Waals surface area contributed by atoms with Gasteiger partial charge in [0.15, 0.2) is 0 Å². The Morgan fingerprint density at radius 2 is 2.04 bits per heavy atom. The molecule has 0 saturated heterocycles. The molecular weight excluding hydrogens is 328 g/mol. The summed E-state index contributed by atoms with van der Waals surface area (Å²) in [5.41, 5.74) is 1.69. The maximum absolute atomic E-state index is 11.8. The molecule has 1 amide bonds. The van der Waals surface area contributed by atoms with E-state index in [2.05, 4.69) is 10.3 Å². The van der Waals surface area contributed by atoms with Gasteiger partial charge in [-0.15, -0.1) is 11.3 Å². The lowest BCUT2D eigenvalue weighted by molar-refractivity contribution is -0.137. The molecule has 0 aliphatic carbocycles. The van der Waals surface area contributed by atoms with Crippen molar-refractivity contribution in [3.05, 3.63) is 35.3 Å². The topological polar surface area (TPSA) is 88.5 Å². The van der Waals surface area contributed by atoms with Crippen LogP contribution in [0.5, 0.6) is 5.75 Å². The summed E-state index contributed by atoms with van der Waals surface area (Å²) < 4.78 is 5.41. The summed E-state index contributed by atoms with van der Waals surface area (Å²) >= 11 is 1.49. The summed E-state index contributed by atoms with van der Waals surface area (Å²) in [6.07, 6.45) is 0.676. The average molecular weight is 348 g/mol. The highest BCUT2D eigenvalue weighted by atomic mass is 32.1. The van der Waals surface area contributed by atoms with Crippen LogP contribution in [0.1, 0.15) is 25.5 Å². The third-order valence-electron chi connectivity index (χ3n) is 3.20. The standard InChI is InChI=1S/C17H20N2O4S/c1-2-23-14-7-5-12(6-8-14)17-19-13(11-24-17)10-15(20)18-9-3-4-16(21)22/h5-8,11H,2-4,9-10H2,1H3,(H,18,20)(H,21,22). The molecule has 2 rings (SSSR count). The Morgan fingerprint density at radius 3 is 2.71 bits per heavy atom. The predicted molar refractivity (Wildman–Crippen MR) is 92.3 cm³/mol. The van der Waals surface area contributed by atoms with E-state index in [1.165, 1.54) is 11.3 Å². The molecule has 2 aromatic rings. The van der Waals surface area contributed by atoms with Crippen molar-refractivity contribution in [2.45, 2.75) is 26.2 Å². The molecule has 0 fully saturated rings. The van der Waals surface area contributed by atoms with Crippen molar-refractivity contribution in [2.75, 3.05) is 13.2 Å². The van der Waals surface area contributed by atoms with E-state index in [1.54, 1.807) is 0 Å². The molecule has 0 saturated carbocycles. The number of benzene rings is 1. The van der Waals surface area contributed by atoms with Gasteiger partial charge in [0.25, 0.3) is 0 Å². The normalized spacial score (nSPS) is 10.4. The molecule has 0 atom stereocenters. The largest absolute Gasteiger partial charge is 0.494 e. The SMILES string of the molecule is CCOc1ccc(-c2nc(CC(=O)NCCCC(=O)O)cs2)cc1. The summed E-state index contributed by atoms with van der Waals surface area (Å²) in [5, 5.41) is 14.0. The molecule has 0 bridgehead atoms. The van der Waals surface area contributed by atoms with Crippen LogP contribution in [0.2, 0.25) is 0 Å². The molecule has 128 valence electrons. The van der Waals surface area contributed by atoms with Crippen LogP contribution in [-0.4, -0.2) is 35.1 Å². The number of amides is 1. The first kappa shape index (κ1) is 17.9. The first-order valence-electron chi connectivity index (χ1n) is 7.74. The summed E-state index contributed by atoms with van der Waals surface area (Å²) in [7, 11) is 0. The number of hydrogen-bond acceptors (Lipinski definition) is 5. The lowest BCUT2D eigenvalue weighted by Crippen LogP contribution is -2.26. The number of carboxylic acids is 1. The minimum Gasteiger partial charge on any atom is -0.494 e. The third-order valence-corrected chi connectivity index (χ3v) is 4.14. The van der Waals surface area contributed by atoms with Gasteiger partial charge in [-0.3, -0.25) is 9.59 Å². The number of aromatic nitrogens is 1. The van der Waals surface area contributed by atoms with Gasteiger partial charge in [-0.05, 0) is 37.6 Å². The molecule has 1 aromatic carbocycles. The van der Waals surface area contributed by atoms with E-state index in [0.29, 0.717) is 25.3 Å². The van der Waals surface area contributed by atoms with E-state index >= 15 is 0 Å². The summed E-state index contributed by atoms with van der Waals surface area (Å²) in [6, 6.07) is 7.68. The summed E-state index contributed by atoms with van der Waals surface area (Å²) in [4.78, 5) is 26.7. The smallest absolute Gasteiger partial charge is 0.303 e. The Hall–Kier alpha value is -2.41. The number of hydrogen-bond donors (Lipinski definition) is 2. The minimum absolute atomic E-state index is 0.0544. The number of carbonyl (C=O) groups excluding carboxylic acids is 1. The number of nitrogens with one attached hydrogen (secondary N) is 1. The highest BCUT2D eigenvalue weighted by molar-refractivity contribution is 7.13. The molecule has 24 heavy (non-hydrogen) atoms. The van der Waals surface area contributed by atoms with Gasteiger partial charge in [-0.1, -0.05) is 0 Å². The van der Waals surface area contributed by atoms with Crippen LogP contribution in [0, 0.1) is 0 Å². The lowest BCUT2D eigenvalue weighted by Gasteiger charge is -2.03. The Morgan fingerprint density at radius 1 is 1.29 bits per heavy atom. The molecule has 0 spiro atoms. The number of carboxylic acid groups (broad SMARTS) is 1. The second-order valence-electron chi connectivity index (χ2n) is 5.13. The molecule has 0 aliphatic rings. The van der Waals surface area contributed by atoms with Gasteiger partial charge in [-0.2, -0.15) is 0 Å². The highest BCUT2D eigenvalue weighted by Gasteiger charge is 2.09. The molecule has 1 aromatic heterocycles. The van der Waals surface area contributed by atoms with Crippen molar-refractivity contribution in [1.29, 1.82) is 0 Å². The molecule has 6 nitrogen and oxygen atoms in total. The van der Waals surface area contributed by atoms with Crippen LogP contribution in [-0.2, 0) is 16.0 Å². The quantitative estimate of drug-likeness (QED) is 0.680. The Kier molecular flexibility index (Phi) is 6.74. The lowest BCUT2D eigenvalue weighted by atomic mass is 10.2. The number of carbonyl (C=O) groups is 2. The first-order valence-corrected chi connectivity index (χ1v) is 8.62. The van der Waals surface area contributed by atoms with E-state index in [-0.39, 0.29) is 18.7 Å². The zero-order valence-electron chi connectivity index (χ0n) is 13.4. The van der Waals surface area contributed by atoms with Gasteiger partial charge in [0.05, 0.1) is 18.7 Å². The molecule has 1 heterocycles. The van der Waals surface area contributed by atoms with Crippen LogP contribution >= 0.6 is 11.3 Å². The monoisotopic (exact) mass is 348 g/mol. The number of aliphatic carboxylic acids is 1. The van der Waals surface area contributed by atoms with Gasteiger partial charge in [0.1, 0.15) is 10.8 Å². The van der Waals surface area contributed by atoms with Crippen molar-refractivity contribution in [2.24, 2.45) is 0 Å². The molecule has 7 heteroatoms. The maximum atomic E-state index is 11.8. The van der Waals surface area contributed by atoms with Crippen LogP contribution in [0.15, 0.2) is 29.6 Å². The van der Waals surface area contributed by atoms with E-state index in [0.717, 1.165) is 16.3 Å². The molecular formula is C17H20N2O4S. The number of nitrogens with zero attached hydrogens (tertiary/aromatic N) is 1. The highest BCUT2D eigenvalue weighted by Crippen LogP contribution is 2.25. The maximum Gasteiger partial charge on any atom is 0.303 e. The van der Waals surface area contributed by atoms with Crippen LogP contribution in [0.3, 0.4) is 0 Å². The Balaban J connectivity index is 1.86. The van der Waals surface area contributed by atoms with E-state index in [9.17, 15) is 9.59 Å². The fourth-order valence-electron chi connectivity index (χ4n) is 2.08. The van der Waals surface area contributed by atoms with Crippen molar-refractivity contribution in [1.82, 2.24) is 10.3 Å². The second-order valence-corrected chi connectivity index (χ2v) is 5.98. The molecule has 0 aliphatic heterocycles. The van der Waals surface area contributed by atoms with Gasteiger partial charge in [0, 0.05) is 23.9 Å². The Labute approximate surface area is 144 Å². The molecule has 2 N–H and O–H groups in total. The first-order chi connectivity index (χ1) is 11.6. The van der Waals surface area contributed by atoms with Gasteiger partial charge < -0.3 is 15.2 Å². The van der Waals surface area contributed by atoms with Crippen molar-refractivity contribution in [3.8, 4) is 16.3 Å². The predicted octanol–water partition coefficient (Wildman–Crippen LogP) is 2.73. The van der Waals surface area contributed by atoms with Gasteiger partial charge in [-0.25, -0.2) is 4.98 Å². The zero-order valence-corrected chi connectivity index (χ0v) is 14.3. The van der Waals surface area contributed by atoms with Crippen LogP contribution in [0.25, 0.3) is 10.6 Å². The van der Waals surface area contributed by atoms with E-state index in [1.807, 2.05) is 36.6 Å². The van der Waals surface area contributed by atoms with Crippen molar-refractivity contribution in [3.63, 3.8) is 0 Å². The van der Waals surface area contributed by atoms with Crippen molar-refractivity contribution < 1.29 is 19.4 Å². The third kappa shape index (κ3) is 5.66. The van der Waals surface area contributed by atoms with Crippen LogP contribution in [0.4, 0.5) is 0 Å². The van der Waals surface area contributed by atoms with Crippen molar-refractivity contribution >= 4 is 23.2 Å². The zero-order chi connectivity index (χ0) is 17.4. The second kappa shape index (κ2) is 9.02. The summed E-state index contributed by atoms with van der Waals surface area (Å²) in [6.45, 7) is 2.93. The Bertz CT molecular complexity index is 682. The van der Waals surface area contributed by atoms with E-state index in [4.69, 9.17) is 9.84 Å². The number of rotatable bonds is 9. The van der Waals surface area contributed by atoms with Gasteiger partial charge in [0.2, 0.25) is 5.91 Å². The molecule has 0 radical (unpaired) electrons. The summed E-state index contributed by atoms with van der Waals surface area (Å²) in [5.74, 6) is -0.188. The average Bonchev–Trinajstić information content (AvgIpc) is 3.01. The number of thiazole rings is 1. The van der Waals surface area contributed by atoms with Gasteiger partial charge >= 0.3 is 5.97 Å². The minimum atomic E-state index is -0.858. The number of ether oxygens (including phenoxy) is 1.